The molecule has 1 aromatic rings. The number of hydrogen-bond acceptors (Lipinski definition) is 3. The van der Waals surface area contributed by atoms with Crippen LogP contribution < -0.4 is 10.1 Å². The number of carbonyl (C=O) groups is 1. The first-order chi connectivity index (χ1) is 9.54. The lowest BCUT2D eigenvalue weighted by Crippen LogP contribution is -2.30. The van der Waals surface area contributed by atoms with Crippen LogP contribution >= 0.6 is 15.9 Å². The van der Waals surface area contributed by atoms with Gasteiger partial charge in [-0.1, -0.05) is 29.8 Å². The van der Waals surface area contributed by atoms with E-state index in [0.717, 1.165) is 22.2 Å². The van der Waals surface area contributed by atoms with Gasteiger partial charge in [-0.25, -0.2) is 0 Å². The smallest absolute Gasteiger partial charge is 0.257 e. The van der Waals surface area contributed by atoms with E-state index in [-0.39, 0.29) is 12.5 Å². The summed E-state index contributed by atoms with van der Waals surface area (Å²) in [5, 5.41) is 2.79. The van der Waals surface area contributed by atoms with Crippen molar-refractivity contribution in [2.45, 2.75) is 26.2 Å². The number of benzene rings is 1. The van der Waals surface area contributed by atoms with E-state index >= 15 is 0 Å². The molecule has 0 atom stereocenters. The third-order valence-corrected chi connectivity index (χ3v) is 3.29. The van der Waals surface area contributed by atoms with Crippen molar-refractivity contribution in [1.82, 2.24) is 5.32 Å². The standard InChI is InChI=1S/C15H22BrNO3/c1-11(2)13-9-12(16)5-6-14(13)20-10-15(18)17-7-4-8-19-3/h5-6,9,11H,4,7-8,10H2,1-3H3,(H,17,18). The van der Waals surface area contributed by atoms with Crippen LogP contribution in [-0.2, 0) is 9.53 Å². The minimum absolute atomic E-state index is 0.0360. The molecule has 112 valence electrons. The second-order valence-corrected chi connectivity index (χ2v) is 5.74. The maximum absolute atomic E-state index is 11.6. The van der Waals surface area contributed by atoms with E-state index in [0.29, 0.717) is 19.1 Å². The minimum atomic E-state index is -0.112. The molecule has 0 saturated heterocycles. The van der Waals surface area contributed by atoms with Gasteiger partial charge in [0.25, 0.3) is 5.91 Å². The average molecular weight is 344 g/mol. The molecule has 0 saturated carbocycles. The minimum Gasteiger partial charge on any atom is -0.483 e. The first-order valence-electron chi connectivity index (χ1n) is 6.72. The van der Waals surface area contributed by atoms with Crippen LogP contribution in [-0.4, -0.2) is 32.8 Å². The summed E-state index contributed by atoms with van der Waals surface area (Å²) in [6, 6.07) is 5.83. The molecule has 0 unspecified atom stereocenters. The Labute approximate surface area is 129 Å². The Bertz CT molecular complexity index is 435. The summed E-state index contributed by atoms with van der Waals surface area (Å²) < 4.78 is 11.5. The van der Waals surface area contributed by atoms with Gasteiger partial charge in [-0.3, -0.25) is 4.79 Å². The molecule has 0 fully saturated rings. The van der Waals surface area contributed by atoms with E-state index in [2.05, 4.69) is 35.1 Å². The van der Waals surface area contributed by atoms with E-state index in [4.69, 9.17) is 9.47 Å². The summed E-state index contributed by atoms with van der Waals surface area (Å²) in [7, 11) is 1.64. The molecule has 1 rings (SSSR count). The van der Waals surface area contributed by atoms with E-state index in [9.17, 15) is 4.79 Å². The summed E-state index contributed by atoms with van der Waals surface area (Å²) >= 11 is 3.45. The molecule has 1 aromatic carbocycles. The molecule has 1 N–H and O–H groups in total. The molecule has 4 nitrogen and oxygen atoms in total. The van der Waals surface area contributed by atoms with Gasteiger partial charge in [-0.2, -0.15) is 0 Å². The van der Waals surface area contributed by atoms with E-state index in [1.54, 1.807) is 7.11 Å². The van der Waals surface area contributed by atoms with Gasteiger partial charge >= 0.3 is 0 Å². The molecule has 0 aliphatic rings. The van der Waals surface area contributed by atoms with Crippen molar-refractivity contribution in [3.8, 4) is 5.75 Å². The fraction of sp³-hybridized carbons (Fsp3) is 0.533. The Morgan fingerprint density at radius 3 is 2.80 bits per heavy atom. The van der Waals surface area contributed by atoms with Crippen LogP contribution in [0.25, 0.3) is 0 Å². The molecule has 0 heterocycles. The van der Waals surface area contributed by atoms with Gasteiger partial charge in [0.15, 0.2) is 6.61 Å². The van der Waals surface area contributed by atoms with E-state index < -0.39 is 0 Å². The molecule has 20 heavy (non-hydrogen) atoms. The first-order valence-corrected chi connectivity index (χ1v) is 7.51. The third kappa shape index (κ3) is 5.92. The second-order valence-electron chi connectivity index (χ2n) is 4.82. The molecule has 0 bridgehead atoms. The van der Waals surface area contributed by atoms with E-state index in [1.807, 2.05) is 18.2 Å². The highest BCUT2D eigenvalue weighted by Crippen LogP contribution is 2.29. The van der Waals surface area contributed by atoms with Crippen molar-refractivity contribution in [1.29, 1.82) is 0 Å². The molecule has 5 heteroatoms. The Hall–Kier alpha value is -1.07. The van der Waals surface area contributed by atoms with Crippen LogP contribution in [0.3, 0.4) is 0 Å². The fourth-order valence-electron chi connectivity index (χ4n) is 1.74. The number of rotatable bonds is 8. The van der Waals surface area contributed by atoms with Gasteiger partial charge < -0.3 is 14.8 Å². The Morgan fingerprint density at radius 1 is 1.40 bits per heavy atom. The maximum atomic E-state index is 11.6. The summed E-state index contributed by atoms with van der Waals surface area (Å²) in [6.07, 6.45) is 0.803. The maximum Gasteiger partial charge on any atom is 0.257 e. The van der Waals surface area contributed by atoms with Crippen LogP contribution in [0.5, 0.6) is 5.75 Å². The normalized spacial score (nSPS) is 10.7. The number of halogens is 1. The lowest BCUT2D eigenvalue weighted by atomic mass is 10.0. The Kier molecular flexibility index (Phi) is 7.62. The monoisotopic (exact) mass is 343 g/mol. The molecule has 1 amide bonds. The first kappa shape index (κ1) is 17.0. The van der Waals surface area contributed by atoms with Gasteiger partial charge in [0.05, 0.1) is 0 Å². The SMILES string of the molecule is COCCCNC(=O)COc1ccc(Br)cc1C(C)C. The number of hydrogen-bond donors (Lipinski definition) is 1. The quantitative estimate of drug-likeness (QED) is 0.737. The van der Waals surface area contributed by atoms with Crippen LogP contribution in [0, 0.1) is 0 Å². The van der Waals surface area contributed by atoms with Gasteiger partial charge in [0, 0.05) is 24.7 Å². The van der Waals surface area contributed by atoms with Crippen molar-refractivity contribution < 1.29 is 14.3 Å². The number of ether oxygens (including phenoxy) is 2. The number of nitrogens with one attached hydrogen (secondary N) is 1. The Balaban J connectivity index is 2.47. The predicted octanol–water partition coefficient (Wildman–Crippen LogP) is 3.10. The number of carbonyl (C=O) groups excluding carboxylic acids is 1. The largest absolute Gasteiger partial charge is 0.483 e. The highest BCUT2D eigenvalue weighted by molar-refractivity contribution is 9.10. The van der Waals surface area contributed by atoms with Crippen molar-refractivity contribution in [3.05, 3.63) is 28.2 Å². The van der Waals surface area contributed by atoms with Crippen molar-refractivity contribution in [3.63, 3.8) is 0 Å². The summed E-state index contributed by atoms with van der Waals surface area (Å²) in [6.45, 7) is 5.48. The van der Waals surface area contributed by atoms with Crippen molar-refractivity contribution >= 4 is 21.8 Å². The van der Waals surface area contributed by atoms with Gasteiger partial charge in [0.1, 0.15) is 5.75 Å². The van der Waals surface area contributed by atoms with Crippen LogP contribution in [0.4, 0.5) is 0 Å². The fourth-order valence-corrected chi connectivity index (χ4v) is 2.12. The molecule has 0 aromatic heterocycles. The molecule has 0 radical (unpaired) electrons. The summed E-state index contributed by atoms with van der Waals surface area (Å²) in [4.78, 5) is 11.6. The molecular weight excluding hydrogens is 322 g/mol. The van der Waals surface area contributed by atoms with Gasteiger partial charge in [-0.05, 0) is 36.1 Å². The highest BCUT2D eigenvalue weighted by atomic mass is 79.9. The second kappa shape index (κ2) is 8.97. The van der Waals surface area contributed by atoms with Gasteiger partial charge in [0.2, 0.25) is 0 Å². The third-order valence-electron chi connectivity index (χ3n) is 2.80. The zero-order valence-electron chi connectivity index (χ0n) is 12.2. The average Bonchev–Trinajstić information content (AvgIpc) is 2.42. The lowest BCUT2D eigenvalue weighted by Gasteiger charge is -2.14. The summed E-state index contributed by atoms with van der Waals surface area (Å²) in [5.74, 6) is 0.987. The molecule has 0 spiro atoms. The van der Waals surface area contributed by atoms with Crippen molar-refractivity contribution in [2.24, 2.45) is 0 Å². The zero-order valence-corrected chi connectivity index (χ0v) is 13.8. The zero-order chi connectivity index (χ0) is 15.0. The topological polar surface area (TPSA) is 47.6 Å². The number of amides is 1. The van der Waals surface area contributed by atoms with Crippen LogP contribution in [0.1, 0.15) is 31.7 Å². The van der Waals surface area contributed by atoms with Gasteiger partial charge in [-0.15, -0.1) is 0 Å². The molecular formula is C15H22BrNO3. The number of methoxy groups -OCH3 is 1. The highest BCUT2D eigenvalue weighted by Gasteiger charge is 2.10. The Morgan fingerprint density at radius 2 is 2.15 bits per heavy atom. The van der Waals surface area contributed by atoms with Crippen molar-refractivity contribution in [2.75, 3.05) is 26.9 Å². The van der Waals surface area contributed by atoms with Crippen LogP contribution in [0.15, 0.2) is 22.7 Å². The summed E-state index contributed by atoms with van der Waals surface area (Å²) in [5.41, 5.74) is 1.09. The van der Waals surface area contributed by atoms with Crippen LogP contribution in [0.2, 0.25) is 0 Å². The molecule has 0 aliphatic heterocycles. The molecule has 0 aliphatic carbocycles. The van der Waals surface area contributed by atoms with E-state index in [1.165, 1.54) is 0 Å². The lowest BCUT2D eigenvalue weighted by molar-refractivity contribution is -0.123. The predicted molar refractivity (Wildman–Crippen MR) is 83.2 cm³/mol.